The molecular weight excluding hydrogens is 498 g/mol. The summed E-state index contributed by atoms with van der Waals surface area (Å²) in [7, 11) is -0.375. The van der Waals surface area contributed by atoms with Crippen LogP contribution in [0.15, 0.2) is 16.6 Å². The number of hydrogen-bond acceptors (Lipinski definition) is 4. The van der Waals surface area contributed by atoms with E-state index < -0.39 is 25.8 Å². The summed E-state index contributed by atoms with van der Waals surface area (Å²) in [6, 6.07) is 2.81. The van der Waals surface area contributed by atoms with Gasteiger partial charge >= 0.3 is 6.09 Å². The van der Waals surface area contributed by atoms with E-state index in [2.05, 4.69) is 79.2 Å². The monoisotopic (exact) mass is 537 g/mol. The summed E-state index contributed by atoms with van der Waals surface area (Å²) in [5.74, 6) is 3.36. The first-order chi connectivity index (χ1) is 15.0. The van der Waals surface area contributed by atoms with Crippen LogP contribution in [0.3, 0.4) is 0 Å². The molecule has 8 heteroatoms. The molecule has 2 amide bonds. The standard InChI is InChI=1S/C25H40BrN3O3Si/c1-16(2)33(17(3)4,18(5)6)15-14-21-20(26)12-13-22(27-21)28-23(30)19(7)29(11)24(31)32-25(8,9)10/h12-13,16-19H,1-11H3,(H,27,28,30)/t19-/m0/s1. The zero-order valence-corrected chi connectivity index (χ0v) is 24.5. The van der Waals surface area contributed by atoms with Crippen molar-refractivity contribution in [3.63, 3.8) is 0 Å². The number of aromatic nitrogens is 1. The van der Waals surface area contributed by atoms with Crippen molar-refractivity contribution in [2.24, 2.45) is 0 Å². The lowest BCUT2D eigenvalue weighted by Gasteiger charge is -2.38. The van der Waals surface area contributed by atoms with Crippen LogP contribution in [0.25, 0.3) is 0 Å². The molecule has 0 radical (unpaired) electrons. The molecule has 0 bridgehead atoms. The molecule has 33 heavy (non-hydrogen) atoms. The van der Waals surface area contributed by atoms with Crippen LogP contribution in [-0.4, -0.2) is 48.6 Å². The van der Waals surface area contributed by atoms with Gasteiger partial charge in [0.1, 0.15) is 31.2 Å². The number of likely N-dealkylation sites (N-methyl/N-ethyl adjacent to an activating group) is 1. The Hall–Kier alpha value is -1.85. The van der Waals surface area contributed by atoms with Crippen molar-refractivity contribution in [1.29, 1.82) is 0 Å². The van der Waals surface area contributed by atoms with Crippen LogP contribution < -0.4 is 5.32 Å². The molecule has 1 rings (SSSR count). The summed E-state index contributed by atoms with van der Waals surface area (Å²) in [6.45, 7) is 20.6. The number of rotatable bonds is 6. The Labute approximate surface area is 209 Å². The minimum atomic E-state index is -1.92. The fraction of sp³-hybridized carbons (Fsp3) is 0.640. The molecule has 6 nitrogen and oxygen atoms in total. The van der Waals surface area contributed by atoms with E-state index in [9.17, 15) is 9.59 Å². The van der Waals surface area contributed by atoms with Gasteiger partial charge in [-0.05, 0) is 72.4 Å². The summed E-state index contributed by atoms with van der Waals surface area (Å²) >= 11 is 3.54. The third-order valence-corrected chi connectivity index (χ3v) is 12.9. The molecule has 1 heterocycles. The Kier molecular flexibility index (Phi) is 10.2. The summed E-state index contributed by atoms with van der Waals surface area (Å²) in [6.07, 6.45) is -0.558. The van der Waals surface area contributed by atoms with Gasteiger partial charge in [-0.3, -0.25) is 9.69 Å². The first-order valence-electron chi connectivity index (χ1n) is 11.5. The number of carbonyl (C=O) groups excluding carboxylic acids is 2. The Balaban J connectivity index is 3.15. The van der Waals surface area contributed by atoms with Crippen LogP contribution in [0.1, 0.15) is 74.9 Å². The molecule has 0 aliphatic rings. The van der Waals surface area contributed by atoms with E-state index in [0.717, 1.165) is 4.47 Å². The van der Waals surface area contributed by atoms with Crippen molar-refractivity contribution in [2.75, 3.05) is 12.4 Å². The molecule has 0 spiro atoms. The van der Waals surface area contributed by atoms with Gasteiger partial charge in [-0.1, -0.05) is 47.5 Å². The Morgan fingerprint density at radius 2 is 1.58 bits per heavy atom. The molecule has 184 valence electrons. The third-order valence-electron chi connectivity index (χ3n) is 6.00. The lowest BCUT2D eigenvalue weighted by molar-refractivity contribution is -0.120. The molecule has 0 unspecified atom stereocenters. The smallest absolute Gasteiger partial charge is 0.410 e. The molecule has 0 saturated carbocycles. The topological polar surface area (TPSA) is 71.5 Å². The quantitative estimate of drug-likeness (QED) is 0.327. The SMILES string of the molecule is CC(C)[Si](C#Cc1nc(NC(=O)[C@H](C)N(C)C(=O)OC(C)(C)C)ccc1Br)(C(C)C)C(C)C. The highest BCUT2D eigenvalue weighted by molar-refractivity contribution is 9.10. The molecule has 0 aliphatic heterocycles. The summed E-state index contributed by atoms with van der Waals surface area (Å²) in [5, 5.41) is 2.80. The molecule has 1 aromatic heterocycles. The molecule has 0 aliphatic carbocycles. The van der Waals surface area contributed by atoms with Gasteiger partial charge in [0.2, 0.25) is 5.91 Å². The van der Waals surface area contributed by atoms with Gasteiger partial charge in [0.25, 0.3) is 0 Å². The molecule has 0 fully saturated rings. The van der Waals surface area contributed by atoms with E-state index in [0.29, 0.717) is 28.1 Å². The number of anilines is 1. The number of nitrogens with zero attached hydrogens (tertiary/aromatic N) is 2. The third kappa shape index (κ3) is 7.58. The number of halogens is 1. The average molecular weight is 539 g/mol. The highest BCUT2D eigenvalue weighted by Crippen LogP contribution is 2.40. The molecule has 1 atom stereocenters. The number of ether oxygens (including phenoxy) is 1. The highest BCUT2D eigenvalue weighted by Gasteiger charge is 2.41. The number of carbonyl (C=O) groups is 2. The van der Waals surface area contributed by atoms with Crippen molar-refractivity contribution in [3.05, 3.63) is 22.3 Å². The fourth-order valence-electron chi connectivity index (χ4n) is 4.10. The van der Waals surface area contributed by atoms with Gasteiger partial charge in [0, 0.05) is 7.05 Å². The van der Waals surface area contributed by atoms with Crippen molar-refractivity contribution >= 4 is 41.8 Å². The van der Waals surface area contributed by atoms with E-state index in [-0.39, 0.29) is 5.91 Å². The van der Waals surface area contributed by atoms with Gasteiger partial charge in [-0.25, -0.2) is 9.78 Å². The maximum Gasteiger partial charge on any atom is 0.410 e. The van der Waals surface area contributed by atoms with Crippen LogP contribution in [0.2, 0.25) is 16.6 Å². The van der Waals surface area contributed by atoms with Gasteiger partial charge in [-0.2, -0.15) is 0 Å². The second-order valence-corrected chi connectivity index (χ2v) is 16.9. The first kappa shape index (κ1) is 29.2. The summed E-state index contributed by atoms with van der Waals surface area (Å²) in [4.78, 5) is 30.9. The molecule has 0 saturated heterocycles. The Morgan fingerprint density at radius 3 is 2.03 bits per heavy atom. The largest absolute Gasteiger partial charge is 0.444 e. The Bertz CT molecular complexity index is 892. The van der Waals surface area contributed by atoms with Crippen molar-refractivity contribution in [1.82, 2.24) is 9.88 Å². The zero-order valence-electron chi connectivity index (χ0n) is 22.0. The van der Waals surface area contributed by atoms with Crippen LogP contribution in [0.5, 0.6) is 0 Å². The van der Waals surface area contributed by atoms with Crippen LogP contribution in [-0.2, 0) is 9.53 Å². The maximum atomic E-state index is 12.8. The number of amides is 2. The minimum Gasteiger partial charge on any atom is -0.444 e. The van der Waals surface area contributed by atoms with E-state index in [1.807, 2.05) is 6.07 Å². The van der Waals surface area contributed by atoms with Gasteiger partial charge < -0.3 is 10.1 Å². The highest BCUT2D eigenvalue weighted by atomic mass is 79.9. The molecule has 1 aromatic rings. The van der Waals surface area contributed by atoms with E-state index >= 15 is 0 Å². The van der Waals surface area contributed by atoms with E-state index in [1.165, 1.54) is 11.9 Å². The normalized spacial score (nSPS) is 12.9. The lowest BCUT2D eigenvalue weighted by Crippen LogP contribution is -2.45. The zero-order chi connectivity index (χ0) is 25.7. The van der Waals surface area contributed by atoms with Crippen LogP contribution >= 0.6 is 15.9 Å². The predicted octanol–water partition coefficient (Wildman–Crippen LogP) is 6.61. The Morgan fingerprint density at radius 1 is 1.06 bits per heavy atom. The first-order valence-corrected chi connectivity index (χ1v) is 14.5. The summed E-state index contributed by atoms with van der Waals surface area (Å²) < 4.78 is 6.13. The number of hydrogen-bond donors (Lipinski definition) is 1. The van der Waals surface area contributed by atoms with Gasteiger partial charge in [-0.15, -0.1) is 5.54 Å². The number of nitrogens with one attached hydrogen (secondary N) is 1. The van der Waals surface area contributed by atoms with Crippen molar-refractivity contribution in [3.8, 4) is 11.5 Å². The molecule has 1 N–H and O–H groups in total. The maximum absolute atomic E-state index is 12.8. The second kappa shape index (κ2) is 11.5. The predicted molar refractivity (Wildman–Crippen MR) is 142 cm³/mol. The van der Waals surface area contributed by atoms with Gasteiger partial charge in [0.05, 0.1) is 4.47 Å². The second-order valence-electron chi connectivity index (χ2n) is 10.4. The van der Waals surface area contributed by atoms with E-state index in [1.54, 1.807) is 33.8 Å². The average Bonchev–Trinajstić information content (AvgIpc) is 2.67. The fourth-order valence-corrected chi connectivity index (χ4v) is 9.62. The van der Waals surface area contributed by atoms with Crippen LogP contribution in [0, 0.1) is 11.5 Å². The van der Waals surface area contributed by atoms with Gasteiger partial charge in [0.15, 0.2) is 0 Å². The lowest BCUT2D eigenvalue weighted by atomic mass is 10.2. The van der Waals surface area contributed by atoms with Crippen LogP contribution in [0.4, 0.5) is 10.6 Å². The summed E-state index contributed by atoms with van der Waals surface area (Å²) in [5.41, 5.74) is 5.15. The number of pyridine rings is 1. The molecular formula is C25H40BrN3O3Si. The van der Waals surface area contributed by atoms with Crippen molar-refractivity contribution in [2.45, 2.75) is 97.5 Å². The van der Waals surface area contributed by atoms with E-state index in [4.69, 9.17) is 4.74 Å². The van der Waals surface area contributed by atoms with Crippen molar-refractivity contribution < 1.29 is 14.3 Å². The molecule has 0 aromatic carbocycles. The minimum absolute atomic E-state index is 0.354.